The Morgan fingerprint density at radius 2 is 2.00 bits per heavy atom. The van der Waals surface area contributed by atoms with Crippen LogP contribution in [0.5, 0.6) is 0 Å². The Hall–Kier alpha value is -1.50. The van der Waals surface area contributed by atoms with Gasteiger partial charge in [-0.05, 0) is 18.6 Å². The minimum atomic E-state index is -0.958. The largest absolute Gasteiger partial charge is 0.478 e. The number of aromatic carboxylic acids is 1. The Bertz CT molecular complexity index is 395. The van der Waals surface area contributed by atoms with Gasteiger partial charge >= 0.3 is 5.97 Å². The van der Waals surface area contributed by atoms with E-state index in [-0.39, 0.29) is 5.56 Å². The van der Waals surface area contributed by atoms with E-state index < -0.39 is 5.97 Å². The maximum Gasteiger partial charge on any atom is 0.337 e. The number of carbonyl (C=O) groups is 1. The lowest BCUT2D eigenvalue weighted by Crippen LogP contribution is -2.29. The van der Waals surface area contributed by atoms with Gasteiger partial charge in [0.05, 0.1) is 17.9 Å². The van der Waals surface area contributed by atoms with Crippen LogP contribution in [0.3, 0.4) is 0 Å². The van der Waals surface area contributed by atoms with Gasteiger partial charge in [0.15, 0.2) is 0 Å². The molecule has 0 radical (unpaired) electrons. The molecule has 0 unspecified atom stereocenters. The molecule has 0 aliphatic rings. The quantitative estimate of drug-likeness (QED) is 0.651. The fraction of sp³-hybridized carbons (Fsp3) is 0.571. The molecule has 0 aromatic carbocycles. The van der Waals surface area contributed by atoms with E-state index in [4.69, 9.17) is 14.6 Å². The van der Waals surface area contributed by atoms with E-state index in [0.717, 1.165) is 31.8 Å². The van der Waals surface area contributed by atoms with E-state index in [9.17, 15) is 4.79 Å². The number of hydrogen-bond donors (Lipinski definition) is 1. The lowest BCUT2D eigenvalue weighted by Gasteiger charge is -2.21. The van der Waals surface area contributed by atoms with Gasteiger partial charge in [-0.1, -0.05) is 0 Å². The van der Waals surface area contributed by atoms with E-state index in [0.29, 0.717) is 13.2 Å². The highest BCUT2D eigenvalue weighted by Gasteiger charge is 2.08. The zero-order valence-corrected chi connectivity index (χ0v) is 12.0. The number of carboxylic acids is 1. The second-order valence-electron chi connectivity index (χ2n) is 4.46. The minimum absolute atomic E-state index is 0.205. The SMILES string of the molecule is COCCCN(CCOC)Cc1ccc(C(=O)O)cn1. The van der Waals surface area contributed by atoms with Crippen LogP contribution >= 0.6 is 0 Å². The lowest BCUT2D eigenvalue weighted by atomic mass is 10.2. The molecule has 0 saturated carbocycles. The fourth-order valence-electron chi connectivity index (χ4n) is 1.80. The van der Waals surface area contributed by atoms with Gasteiger partial charge in [0.25, 0.3) is 0 Å². The monoisotopic (exact) mass is 282 g/mol. The molecule has 112 valence electrons. The van der Waals surface area contributed by atoms with Crippen LogP contribution in [0.25, 0.3) is 0 Å². The summed E-state index contributed by atoms with van der Waals surface area (Å²) >= 11 is 0. The molecule has 1 heterocycles. The first-order valence-electron chi connectivity index (χ1n) is 6.55. The van der Waals surface area contributed by atoms with Gasteiger partial charge in [0, 0.05) is 46.7 Å². The Morgan fingerprint density at radius 3 is 2.55 bits per heavy atom. The zero-order valence-electron chi connectivity index (χ0n) is 12.0. The molecule has 0 atom stereocenters. The first-order chi connectivity index (χ1) is 9.67. The fourth-order valence-corrected chi connectivity index (χ4v) is 1.80. The van der Waals surface area contributed by atoms with Crippen LogP contribution in [-0.4, -0.2) is 61.5 Å². The van der Waals surface area contributed by atoms with E-state index in [2.05, 4.69) is 9.88 Å². The molecule has 6 heteroatoms. The molecule has 1 N–H and O–H groups in total. The number of nitrogens with zero attached hydrogens (tertiary/aromatic N) is 2. The third kappa shape index (κ3) is 6.10. The minimum Gasteiger partial charge on any atom is -0.478 e. The van der Waals surface area contributed by atoms with Gasteiger partial charge in [-0.15, -0.1) is 0 Å². The van der Waals surface area contributed by atoms with Crippen LogP contribution < -0.4 is 0 Å². The van der Waals surface area contributed by atoms with Crippen molar-refractivity contribution >= 4 is 5.97 Å². The summed E-state index contributed by atoms with van der Waals surface area (Å²) in [6, 6.07) is 3.33. The van der Waals surface area contributed by atoms with Gasteiger partial charge in [-0.2, -0.15) is 0 Å². The predicted octanol–water partition coefficient (Wildman–Crippen LogP) is 1.26. The van der Waals surface area contributed by atoms with Crippen LogP contribution in [0.1, 0.15) is 22.5 Å². The van der Waals surface area contributed by atoms with Crippen LogP contribution in [-0.2, 0) is 16.0 Å². The molecule has 0 amide bonds. The summed E-state index contributed by atoms with van der Waals surface area (Å²) < 4.78 is 10.1. The molecule has 0 aliphatic carbocycles. The molecule has 1 aromatic heterocycles. The first kappa shape index (κ1) is 16.6. The average Bonchev–Trinajstić information content (AvgIpc) is 2.45. The highest BCUT2D eigenvalue weighted by molar-refractivity contribution is 5.87. The first-order valence-corrected chi connectivity index (χ1v) is 6.55. The summed E-state index contributed by atoms with van der Waals surface area (Å²) in [4.78, 5) is 17.2. The van der Waals surface area contributed by atoms with Gasteiger partial charge in [-0.25, -0.2) is 4.79 Å². The molecular formula is C14H22N2O4. The Labute approximate surface area is 119 Å². The van der Waals surface area contributed by atoms with Crippen molar-refractivity contribution in [1.29, 1.82) is 0 Å². The van der Waals surface area contributed by atoms with E-state index in [1.807, 2.05) is 0 Å². The molecule has 20 heavy (non-hydrogen) atoms. The normalized spacial score (nSPS) is 10.9. The highest BCUT2D eigenvalue weighted by Crippen LogP contribution is 2.05. The average molecular weight is 282 g/mol. The third-order valence-corrected chi connectivity index (χ3v) is 2.89. The number of methoxy groups -OCH3 is 2. The summed E-state index contributed by atoms with van der Waals surface area (Å²) in [6.07, 6.45) is 2.33. The number of hydrogen-bond acceptors (Lipinski definition) is 5. The molecule has 0 aliphatic heterocycles. The molecular weight excluding hydrogens is 260 g/mol. The third-order valence-electron chi connectivity index (χ3n) is 2.89. The van der Waals surface area contributed by atoms with Crippen molar-refractivity contribution in [3.63, 3.8) is 0 Å². The second-order valence-corrected chi connectivity index (χ2v) is 4.46. The maximum absolute atomic E-state index is 10.8. The van der Waals surface area contributed by atoms with Crippen LogP contribution in [0.4, 0.5) is 0 Å². The Balaban J connectivity index is 2.55. The predicted molar refractivity (Wildman–Crippen MR) is 74.8 cm³/mol. The van der Waals surface area contributed by atoms with E-state index in [1.165, 1.54) is 6.20 Å². The summed E-state index contributed by atoms with van der Waals surface area (Å²) in [7, 11) is 3.36. The van der Waals surface area contributed by atoms with Gasteiger partial charge in [0.1, 0.15) is 0 Å². The second kappa shape index (κ2) is 9.41. The molecule has 1 rings (SSSR count). The number of aromatic nitrogens is 1. The maximum atomic E-state index is 10.8. The Morgan fingerprint density at radius 1 is 1.25 bits per heavy atom. The van der Waals surface area contributed by atoms with E-state index in [1.54, 1.807) is 26.4 Å². The smallest absolute Gasteiger partial charge is 0.337 e. The number of ether oxygens (including phenoxy) is 2. The van der Waals surface area contributed by atoms with Crippen molar-refractivity contribution in [3.05, 3.63) is 29.6 Å². The lowest BCUT2D eigenvalue weighted by molar-refractivity contribution is 0.0696. The summed E-state index contributed by atoms with van der Waals surface area (Å²) in [5, 5.41) is 8.84. The van der Waals surface area contributed by atoms with Crippen molar-refractivity contribution in [3.8, 4) is 0 Å². The zero-order chi connectivity index (χ0) is 14.8. The van der Waals surface area contributed by atoms with Gasteiger partial charge in [-0.3, -0.25) is 9.88 Å². The van der Waals surface area contributed by atoms with Gasteiger partial charge in [0.2, 0.25) is 0 Å². The topological polar surface area (TPSA) is 71.9 Å². The van der Waals surface area contributed by atoms with Crippen LogP contribution in [0, 0.1) is 0 Å². The van der Waals surface area contributed by atoms with Gasteiger partial charge < -0.3 is 14.6 Å². The number of rotatable bonds is 10. The summed E-state index contributed by atoms with van der Waals surface area (Å²) in [6.45, 7) is 3.74. The van der Waals surface area contributed by atoms with E-state index >= 15 is 0 Å². The highest BCUT2D eigenvalue weighted by atomic mass is 16.5. The van der Waals surface area contributed by atoms with Crippen molar-refractivity contribution in [1.82, 2.24) is 9.88 Å². The van der Waals surface area contributed by atoms with Crippen LogP contribution in [0.2, 0.25) is 0 Å². The van der Waals surface area contributed by atoms with Crippen molar-refractivity contribution in [2.45, 2.75) is 13.0 Å². The summed E-state index contributed by atoms with van der Waals surface area (Å²) in [5.41, 5.74) is 1.06. The number of pyridine rings is 1. The van der Waals surface area contributed by atoms with Crippen molar-refractivity contribution in [2.75, 3.05) is 40.5 Å². The molecule has 0 spiro atoms. The molecule has 1 aromatic rings. The standard InChI is InChI=1S/C14H22N2O4/c1-19-8-3-6-16(7-9-20-2)11-13-5-4-12(10-15-13)14(17)18/h4-5,10H,3,6-9,11H2,1-2H3,(H,17,18). The van der Waals surface area contributed by atoms with Crippen molar-refractivity contribution < 1.29 is 19.4 Å². The Kier molecular flexibility index (Phi) is 7.79. The molecule has 6 nitrogen and oxygen atoms in total. The molecule has 0 bridgehead atoms. The molecule has 0 fully saturated rings. The van der Waals surface area contributed by atoms with Crippen molar-refractivity contribution in [2.24, 2.45) is 0 Å². The summed E-state index contributed by atoms with van der Waals surface area (Å²) in [5.74, 6) is -0.958. The van der Waals surface area contributed by atoms with Crippen LogP contribution in [0.15, 0.2) is 18.3 Å². The molecule has 0 saturated heterocycles. The number of carboxylic acid groups (broad SMARTS) is 1.